The third-order valence-corrected chi connectivity index (χ3v) is 3.56. The van der Waals surface area contributed by atoms with Crippen LogP contribution in [0.2, 0.25) is 0 Å². The number of pyridine rings is 1. The lowest BCUT2D eigenvalue weighted by Crippen LogP contribution is -2.12. The molecule has 0 aliphatic heterocycles. The summed E-state index contributed by atoms with van der Waals surface area (Å²) in [6.45, 7) is 2.10. The molecule has 2 heterocycles. The molecule has 0 saturated carbocycles. The van der Waals surface area contributed by atoms with Gasteiger partial charge >= 0.3 is 0 Å². The normalized spacial score (nSPS) is 12.6. The first-order valence-corrected chi connectivity index (χ1v) is 6.17. The summed E-state index contributed by atoms with van der Waals surface area (Å²) < 4.78 is 1.73. The Balaban J connectivity index is 2.11. The lowest BCUT2D eigenvalue weighted by Gasteiger charge is -2.09. The third-order valence-electron chi connectivity index (χ3n) is 2.56. The molecule has 0 fully saturated rings. The molecular weight excluding hydrogens is 234 g/mol. The van der Waals surface area contributed by atoms with E-state index in [2.05, 4.69) is 33.4 Å². The molecule has 0 aliphatic carbocycles. The van der Waals surface area contributed by atoms with Crippen LogP contribution in [-0.4, -0.2) is 26.8 Å². The second-order valence-electron chi connectivity index (χ2n) is 3.71. The van der Waals surface area contributed by atoms with Gasteiger partial charge in [0.25, 0.3) is 0 Å². The molecule has 0 aromatic carbocycles. The van der Waals surface area contributed by atoms with Crippen LogP contribution in [0, 0.1) is 0 Å². The Morgan fingerprint density at radius 2 is 2.18 bits per heavy atom. The van der Waals surface area contributed by atoms with Crippen molar-refractivity contribution in [1.82, 2.24) is 25.1 Å². The molecule has 90 valence electrons. The number of hydrogen-bond donors (Lipinski definition) is 1. The minimum atomic E-state index is 0.316. The van der Waals surface area contributed by atoms with Crippen LogP contribution in [0.3, 0.4) is 0 Å². The van der Waals surface area contributed by atoms with E-state index in [0.717, 1.165) is 10.2 Å². The van der Waals surface area contributed by atoms with E-state index >= 15 is 0 Å². The molecule has 0 bridgehead atoms. The Kier molecular flexibility index (Phi) is 3.75. The molecule has 0 radical (unpaired) electrons. The smallest absolute Gasteiger partial charge is 0.192 e. The van der Waals surface area contributed by atoms with Gasteiger partial charge in [-0.1, -0.05) is 6.07 Å². The van der Waals surface area contributed by atoms with Crippen molar-refractivity contribution < 1.29 is 0 Å². The first kappa shape index (κ1) is 12.1. The molecule has 0 aliphatic rings. The maximum absolute atomic E-state index is 4.41. The third kappa shape index (κ3) is 2.83. The minimum Gasteiger partial charge on any atom is -0.313 e. The quantitative estimate of drug-likeness (QED) is 0.892. The molecule has 6 heteroatoms. The van der Waals surface area contributed by atoms with E-state index < -0.39 is 0 Å². The van der Waals surface area contributed by atoms with Crippen molar-refractivity contribution in [2.45, 2.75) is 23.1 Å². The molecule has 2 aromatic rings. The van der Waals surface area contributed by atoms with Gasteiger partial charge in [-0.15, -0.1) is 0 Å². The molecule has 5 nitrogen and oxygen atoms in total. The molecule has 1 N–H and O–H groups in total. The van der Waals surface area contributed by atoms with Crippen molar-refractivity contribution in [3.8, 4) is 0 Å². The van der Waals surface area contributed by atoms with Gasteiger partial charge in [0, 0.05) is 19.3 Å². The molecule has 0 saturated heterocycles. The van der Waals surface area contributed by atoms with Gasteiger partial charge in [-0.2, -0.15) is 5.10 Å². The molecule has 1 unspecified atom stereocenters. The summed E-state index contributed by atoms with van der Waals surface area (Å²) in [6, 6.07) is 4.39. The summed E-state index contributed by atoms with van der Waals surface area (Å²) >= 11 is 1.51. The lowest BCUT2D eigenvalue weighted by atomic mass is 10.1. The highest BCUT2D eigenvalue weighted by Gasteiger charge is 2.06. The van der Waals surface area contributed by atoms with Crippen molar-refractivity contribution in [3.63, 3.8) is 0 Å². The minimum absolute atomic E-state index is 0.316. The first-order chi connectivity index (χ1) is 8.20. The lowest BCUT2D eigenvalue weighted by molar-refractivity contribution is 0.648. The van der Waals surface area contributed by atoms with E-state index in [-0.39, 0.29) is 0 Å². The van der Waals surface area contributed by atoms with E-state index in [1.54, 1.807) is 11.0 Å². The van der Waals surface area contributed by atoms with Crippen molar-refractivity contribution in [2.75, 3.05) is 7.05 Å². The number of aryl methyl sites for hydroxylation is 1. The highest BCUT2D eigenvalue weighted by Crippen LogP contribution is 2.23. The number of hydrogen-bond acceptors (Lipinski definition) is 5. The van der Waals surface area contributed by atoms with Crippen LogP contribution >= 0.6 is 11.8 Å². The van der Waals surface area contributed by atoms with Gasteiger partial charge in [-0.3, -0.25) is 0 Å². The summed E-state index contributed by atoms with van der Waals surface area (Å²) in [4.78, 5) is 8.55. The Bertz CT molecular complexity index is 479. The summed E-state index contributed by atoms with van der Waals surface area (Å²) in [5.74, 6) is 0. The predicted octanol–water partition coefficient (Wildman–Crippen LogP) is 1.64. The summed E-state index contributed by atoms with van der Waals surface area (Å²) in [5, 5.41) is 8.96. The van der Waals surface area contributed by atoms with Gasteiger partial charge in [-0.05, 0) is 37.4 Å². The summed E-state index contributed by atoms with van der Waals surface area (Å²) in [5.41, 5.74) is 1.18. The fraction of sp³-hybridized carbons (Fsp3) is 0.364. The zero-order valence-electron chi connectivity index (χ0n) is 10.1. The van der Waals surface area contributed by atoms with Crippen LogP contribution < -0.4 is 5.32 Å². The fourth-order valence-electron chi connectivity index (χ4n) is 1.35. The van der Waals surface area contributed by atoms with Gasteiger partial charge in [-0.25, -0.2) is 14.6 Å². The van der Waals surface area contributed by atoms with Crippen molar-refractivity contribution in [1.29, 1.82) is 0 Å². The Morgan fingerprint density at radius 3 is 2.71 bits per heavy atom. The second kappa shape index (κ2) is 5.29. The Hall–Kier alpha value is -1.40. The molecule has 2 aromatic heterocycles. The van der Waals surface area contributed by atoms with E-state index in [1.165, 1.54) is 17.3 Å². The largest absolute Gasteiger partial charge is 0.313 e. The zero-order chi connectivity index (χ0) is 12.3. The molecule has 17 heavy (non-hydrogen) atoms. The topological polar surface area (TPSA) is 55.6 Å². The Morgan fingerprint density at radius 1 is 1.35 bits per heavy atom. The summed E-state index contributed by atoms with van der Waals surface area (Å²) in [7, 11) is 3.81. The van der Waals surface area contributed by atoms with Crippen LogP contribution in [0.4, 0.5) is 0 Å². The summed E-state index contributed by atoms with van der Waals surface area (Å²) in [6.07, 6.45) is 3.43. The number of rotatable bonds is 4. The van der Waals surface area contributed by atoms with Crippen LogP contribution in [0.15, 0.2) is 34.8 Å². The molecule has 1 atom stereocenters. The predicted molar refractivity (Wildman–Crippen MR) is 66.8 cm³/mol. The van der Waals surface area contributed by atoms with E-state index in [1.807, 2.05) is 26.4 Å². The number of nitrogens with one attached hydrogen (secondary N) is 1. The van der Waals surface area contributed by atoms with Gasteiger partial charge < -0.3 is 5.32 Å². The van der Waals surface area contributed by atoms with Crippen LogP contribution in [0.25, 0.3) is 0 Å². The van der Waals surface area contributed by atoms with E-state index in [9.17, 15) is 0 Å². The zero-order valence-corrected chi connectivity index (χ0v) is 10.9. The first-order valence-electron chi connectivity index (χ1n) is 5.35. The van der Waals surface area contributed by atoms with Gasteiger partial charge in [0.1, 0.15) is 11.4 Å². The van der Waals surface area contributed by atoms with Crippen LogP contribution in [0.1, 0.15) is 18.5 Å². The van der Waals surface area contributed by atoms with Crippen molar-refractivity contribution in [2.24, 2.45) is 7.05 Å². The van der Waals surface area contributed by atoms with Crippen molar-refractivity contribution >= 4 is 11.8 Å². The van der Waals surface area contributed by atoms with E-state index in [0.29, 0.717) is 6.04 Å². The fourth-order valence-corrected chi connectivity index (χ4v) is 2.05. The van der Waals surface area contributed by atoms with E-state index in [4.69, 9.17) is 0 Å². The van der Waals surface area contributed by atoms with Gasteiger partial charge in [0.15, 0.2) is 5.16 Å². The van der Waals surface area contributed by atoms with Crippen LogP contribution in [-0.2, 0) is 7.05 Å². The number of nitrogens with zero attached hydrogens (tertiary/aromatic N) is 4. The molecule has 0 spiro atoms. The van der Waals surface area contributed by atoms with Gasteiger partial charge in [0.2, 0.25) is 0 Å². The molecular formula is C11H15N5S. The monoisotopic (exact) mass is 249 g/mol. The second-order valence-corrected chi connectivity index (χ2v) is 4.70. The SMILES string of the molecule is CNC(C)c1ccc(Sc2ncnn2C)nc1. The highest BCUT2D eigenvalue weighted by atomic mass is 32.2. The standard InChI is InChI=1S/C11H15N5S/c1-8(12-2)9-4-5-10(13-6-9)17-11-14-7-15-16(11)3/h4-8,12H,1-3H3. The van der Waals surface area contributed by atoms with Gasteiger partial charge in [0.05, 0.1) is 0 Å². The molecule has 2 rings (SSSR count). The number of aromatic nitrogens is 4. The average molecular weight is 249 g/mol. The average Bonchev–Trinajstić information content (AvgIpc) is 2.75. The maximum atomic E-state index is 4.41. The highest BCUT2D eigenvalue weighted by molar-refractivity contribution is 7.99. The maximum Gasteiger partial charge on any atom is 0.192 e. The van der Waals surface area contributed by atoms with Crippen LogP contribution in [0.5, 0.6) is 0 Å². The Labute approximate surface area is 105 Å². The molecule has 0 amide bonds. The van der Waals surface area contributed by atoms with Crippen molar-refractivity contribution in [3.05, 3.63) is 30.2 Å².